The van der Waals surface area contributed by atoms with Gasteiger partial charge in [-0.05, 0) is 37.1 Å². The second-order valence-corrected chi connectivity index (χ2v) is 5.64. The summed E-state index contributed by atoms with van der Waals surface area (Å²) in [6, 6.07) is 5.21. The number of aliphatic hydroxyl groups is 1. The fraction of sp³-hybridized carbons (Fsp3) is 0.438. The van der Waals surface area contributed by atoms with Crippen LogP contribution in [0.5, 0.6) is 0 Å². The Kier molecular flexibility index (Phi) is 4.41. The lowest BCUT2D eigenvalue weighted by atomic mass is 10.1. The van der Waals surface area contributed by atoms with Crippen LogP contribution in [-0.2, 0) is 12.7 Å². The smallest absolute Gasteiger partial charge is 0.416 e. The summed E-state index contributed by atoms with van der Waals surface area (Å²) in [6.07, 6.45) is -0.609. The maximum atomic E-state index is 12.6. The predicted molar refractivity (Wildman–Crippen MR) is 77.5 cm³/mol. The molecule has 0 amide bonds. The Morgan fingerprint density at radius 2 is 1.91 bits per heavy atom. The Morgan fingerprint density at radius 3 is 2.48 bits per heavy atom. The summed E-state index contributed by atoms with van der Waals surface area (Å²) in [6.45, 7) is 1.22. The van der Waals surface area contributed by atoms with Gasteiger partial charge in [-0.3, -0.25) is 4.90 Å². The molecule has 0 unspecified atom stereocenters. The van der Waals surface area contributed by atoms with Crippen molar-refractivity contribution in [1.82, 2.24) is 9.88 Å². The summed E-state index contributed by atoms with van der Waals surface area (Å²) in [5.41, 5.74) is 0.514. The minimum absolute atomic E-state index is 0.0834. The normalized spacial score (nSPS) is 15.3. The van der Waals surface area contributed by atoms with Crippen molar-refractivity contribution < 1.29 is 22.7 Å². The summed E-state index contributed by atoms with van der Waals surface area (Å²) < 4.78 is 43.0. The van der Waals surface area contributed by atoms with Gasteiger partial charge in [0.05, 0.1) is 17.9 Å². The van der Waals surface area contributed by atoms with Crippen molar-refractivity contribution in [3.63, 3.8) is 0 Å². The fourth-order valence-electron chi connectivity index (χ4n) is 2.48. The summed E-state index contributed by atoms with van der Waals surface area (Å²) >= 11 is 0. The molecule has 3 rings (SSSR count). The van der Waals surface area contributed by atoms with Gasteiger partial charge in [0.15, 0.2) is 0 Å². The van der Waals surface area contributed by atoms with Crippen LogP contribution in [0.1, 0.15) is 24.1 Å². The molecule has 7 heteroatoms. The van der Waals surface area contributed by atoms with E-state index in [1.165, 1.54) is 18.4 Å². The second-order valence-electron chi connectivity index (χ2n) is 5.64. The van der Waals surface area contributed by atoms with Crippen molar-refractivity contribution >= 4 is 0 Å². The zero-order chi connectivity index (χ0) is 16.4. The number of rotatable bonds is 6. The highest BCUT2D eigenvalue weighted by Gasteiger charge is 2.30. The monoisotopic (exact) mass is 326 g/mol. The van der Waals surface area contributed by atoms with Crippen molar-refractivity contribution in [2.45, 2.75) is 31.6 Å². The van der Waals surface area contributed by atoms with E-state index in [0.29, 0.717) is 36.3 Å². The summed E-state index contributed by atoms with van der Waals surface area (Å²) in [4.78, 5) is 6.47. The van der Waals surface area contributed by atoms with Crippen LogP contribution in [0.15, 0.2) is 34.9 Å². The lowest BCUT2D eigenvalue weighted by Crippen LogP contribution is -2.28. The van der Waals surface area contributed by atoms with Gasteiger partial charge in [0.2, 0.25) is 5.89 Å². The number of hydrogen-bond acceptors (Lipinski definition) is 4. The molecular formula is C16H17F3N2O2. The minimum Gasteiger partial charge on any atom is -0.444 e. The average molecular weight is 326 g/mol. The molecule has 0 radical (unpaired) electrons. The Morgan fingerprint density at radius 1 is 1.22 bits per heavy atom. The molecule has 0 atom stereocenters. The van der Waals surface area contributed by atoms with Gasteiger partial charge in [-0.25, -0.2) is 4.98 Å². The van der Waals surface area contributed by atoms with Crippen LogP contribution in [-0.4, -0.2) is 34.2 Å². The van der Waals surface area contributed by atoms with E-state index in [2.05, 4.69) is 9.88 Å². The third kappa shape index (κ3) is 3.92. The van der Waals surface area contributed by atoms with Gasteiger partial charge in [0.25, 0.3) is 0 Å². The zero-order valence-electron chi connectivity index (χ0n) is 12.4. The zero-order valence-corrected chi connectivity index (χ0v) is 12.4. The van der Waals surface area contributed by atoms with E-state index >= 15 is 0 Å². The highest BCUT2D eigenvalue weighted by Crippen LogP contribution is 2.31. The third-order valence-corrected chi connectivity index (χ3v) is 3.83. The lowest BCUT2D eigenvalue weighted by molar-refractivity contribution is -0.137. The molecule has 1 aromatic carbocycles. The number of aromatic nitrogens is 1. The average Bonchev–Trinajstić information content (AvgIpc) is 3.26. The molecule has 1 heterocycles. The molecule has 0 aliphatic heterocycles. The molecule has 0 bridgehead atoms. The SMILES string of the molecule is OCCN(Cc1coc(-c2ccc(C(F)(F)F)cc2)n1)C1CC1. The predicted octanol–water partition coefficient (Wildman–Crippen LogP) is 3.32. The number of alkyl halides is 3. The number of oxazole rings is 1. The Labute approximate surface area is 131 Å². The van der Waals surface area contributed by atoms with Crippen LogP contribution in [0.4, 0.5) is 13.2 Å². The number of benzene rings is 1. The Hall–Kier alpha value is -1.86. The summed E-state index contributed by atoms with van der Waals surface area (Å²) in [7, 11) is 0. The molecule has 4 nitrogen and oxygen atoms in total. The van der Waals surface area contributed by atoms with Crippen LogP contribution in [0.25, 0.3) is 11.5 Å². The van der Waals surface area contributed by atoms with E-state index in [1.54, 1.807) is 0 Å². The number of nitrogens with zero attached hydrogens (tertiary/aromatic N) is 2. The van der Waals surface area contributed by atoms with E-state index in [-0.39, 0.29) is 6.61 Å². The first-order valence-electron chi connectivity index (χ1n) is 7.44. The molecule has 23 heavy (non-hydrogen) atoms. The Bertz CT molecular complexity index is 648. The second kappa shape index (κ2) is 6.33. The molecule has 0 saturated heterocycles. The van der Waals surface area contributed by atoms with Gasteiger partial charge in [-0.2, -0.15) is 13.2 Å². The van der Waals surface area contributed by atoms with E-state index in [0.717, 1.165) is 25.0 Å². The van der Waals surface area contributed by atoms with Crippen LogP contribution in [0.2, 0.25) is 0 Å². The van der Waals surface area contributed by atoms with Gasteiger partial charge < -0.3 is 9.52 Å². The molecule has 0 spiro atoms. The van der Waals surface area contributed by atoms with Crippen molar-refractivity contribution in [3.05, 3.63) is 41.8 Å². The number of aliphatic hydroxyl groups excluding tert-OH is 1. The lowest BCUT2D eigenvalue weighted by Gasteiger charge is -2.18. The molecule has 2 aromatic rings. The van der Waals surface area contributed by atoms with Gasteiger partial charge in [0.1, 0.15) is 6.26 Å². The first-order valence-corrected chi connectivity index (χ1v) is 7.44. The van der Waals surface area contributed by atoms with Crippen molar-refractivity contribution in [2.75, 3.05) is 13.2 Å². The van der Waals surface area contributed by atoms with E-state index in [1.807, 2.05) is 0 Å². The largest absolute Gasteiger partial charge is 0.444 e. The molecule has 1 fully saturated rings. The Balaban J connectivity index is 1.71. The molecule has 1 N–H and O–H groups in total. The highest BCUT2D eigenvalue weighted by molar-refractivity contribution is 5.54. The molecular weight excluding hydrogens is 309 g/mol. The van der Waals surface area contributed by atoms with E-state index < -0.39 is 11.7 Å². The first kappa shape index (κ1) is 16.0. The maximum Gasteiger partial charge on any atom is 0.416 e. The standard InChI is InChI=1S/C16H17F3N2O2/c17-16(18,19)12-3-1-11(2-4-12)15-20-13(10-23-15)9-21(7-8-22)14-5-6-14/h1-4,10,14,22H,5-9H2. The number of hydrogen-bond donors (Lipinski definition) is 1. The van der Waals surface area contributed by atoms with Crippen LogP contribution >= 0.6 is 0 Å². The van der Waals surface area contributed by atoms with Crippen LogP contribution < -0.4 is 0 Å². The van der Waals surface area contributed by atoms with Crippen LogP contribution in [0, 0.1) is 0 Å². The highest BCUT2D eigenvalue weighted by atomic mass is 19.4. The van der Waals surface area contributed by atoms with E-state index in [9.17, 15) is 13.2 Å². The van der Waals surface area contributed by atoms with Gasteiger partial charge in [-0.1, -0.05) is 0 Å². The first-order chi connectivity index (χ1) is 11.0. The summed E-state index contributed by atoms with van der Waals surface area (Å²) in [5.74, 6) is 0.300. The summed E-state index contributed by atoms with van der Waals surface area (Å²) in [5, 5.41) is 9.09. The van der Waals surface area contributed by atoms with Crippen molar-refractivity contribution in [1.29, 1.82) is 0 Å². The molecule has 1 aliphatic rings. The minimum atomic E-state index is -4.35. The molecule has 124 valence electrons. The van der Waals surface area contributed by atoms with Crippen molar-refractivity contribution in [3.8, 4) is 11.5 Å². The molecule has 1 aliphatic carbocycles. The molecule has 1 aromatic heterocycles. The van der Waals surface area contributed by atoms with Gasteiger partial charge in [0, 0.05) is 24.7 Å². The van der Waals surface area contributed by atoms with Gasteiger partial charge >= 0.3 is 6.18 Å². The quantitative estimate of drug-likeness (QED) is 0.885. The fourth-order valence-corrected chi connectivity index (χ4v) is 2.48. The topological polar surface area (TPSA) is 49.5 Å². The van der Waals surface area contributed by atoms with Gasteiger partial charge in [-0.15, -0.1) is 0 Å². The van der Waals surface area contributed by atoms with Crippen molar-refractivity contribution in [2.24, 2.45) is 0 Å². The maximum absolute atomic E-state index is 12.6. The molecule has 1 saturated carbocycles. The van der Waals surface area contributed by atoms with Crippen LogP contribution in [0.3, 0.4) is 0 Å². The van der Waals surface area contributed by atoms with E-state index in [4.69, 9.17) is 9.52 Å². The number of halogens is 3. The third-order valence-electron chi connectivity index (χ3n) is 3.83.